The molecule has 0 aliphatic rings. The standard InChI is InChI=1S/C9H13NO2S/c1-4-8(11)7(3)10-6(2)5-13-9(10)12/h5,7H,4H2,1-3H3. The summed E-state index contributed by atoms with van der Waals surface area (Å²) < 4.78 is 1.55. The molecule has 0 aliphatic heterocycles. The fourth-order valence-electron chi connectivity index (χ4n) is 1.30. The van der Waals surface area contributed by atoms with Gasteiger partial charge in [0.05, 0.1) is 6.04 Å². The van der Waals surface area contributed by atoms with Gasteiger partial charge >= 0.3 is 4.87 Å². The Hall–Kier alpha value is -0.900. The average molecular weight is 199 g/mol. The van der Waals surface area contributed by atoms with E-state index < -0.39 is 0 Å². The summed E-state index contributed by atoms with van der Waals surface area (Å²) >= 11 is 1.14. The molecule has 3 nitrogen and oxygen atoms in total. The van der Waals surface area contributed by atoms with Crippen molar-refractivity contribution in [2.45, 2.75) is 33.2 Å². The molecule has 0 bridgehead atoms. The average Bonchev–Trinajstić information content (AvgIpc) is 2.44. The first-order chi connectivity index (χ1) is 6.07. The van der Waals surface area contributed by atoms with Crippen molar-refractivity contribution in [2.75, 3.05) is 0 Å². The van der Waals surface area contributed by atoms with Crippen LogP contribution in [0.3, 0.4) is 0 Å². The smallest absolute Gasteiger partial charge is 0.297 e. The van der Waals surface area contributed by atoms with E-state index in [1.54, 1.807) is 16.9 Å². The van der Waals surface area contributed by atoms with E-state index >= 15 is 0 Å². The van der Waals surface area contributed by atoms with Gasteiger partial charge in [-0.05, 0) is 13.8 Å². The van der Waals surface area contributed by atoms with E-state index in [1.807, 2.05) is 13.8 Å². The normalized spacial score (nSPS) is 12.8. The SMILES string of the molecule is CCC(=O)C(C)n1c(C)csc1=O. The van der Waals surface area contributed by atoms with Gasteiger partial charge in [-0.1, -0.05) is 18.3 Å². The minimum Gasteiger partial charge on any atom is -0.297 e. The number of Topliss-reactive ketones (excluding diaryl/α,β-unsaturated/α-hetero) is 1. The van der Waals surface area contributed by atoms with Crippen LogP contribution in [0.15, 0.2) is 10.2 Å². The lowest BCUT2D eigenvalue weighted by Crippen LogP contribution is -2.24. The molecule has 72 valence electrons. The van der Waals surface area contributed by atoms with Crippen LogP contribution in [0.1, 0.15) is 32.0 Å². The largest absolute Gasteiger partial charge is 0.307 e. The molecule has 1 atom stereocenters. The maximum atomic E-state index is 11.4. The monoisotopic (exact) mass is 199 g/mol. The molecule has 1 aromatic rings. The number of hydrogen-bond donors (Lipinski definition) is 0. The summed E-state index contributed by atoms with van der Waals surface area (Å²) in [6.07, 6.45) is 0.475. The summed E-state index contributed by atoms with van der Waals surface area (Å²) in [5, 5.41) is 1.78. The molecule has 0 fully saturated rings. The first-order valence-corrected chi connectivity index (χ1v) is 5.15. The third-order valence-electron chi connectivity index (χ3n) is 2.11. The predicted molar refractivity (Wildman–Crippen MR) is 53.3 cm³/mol. The molecule has 1 heterocycles. The molecule has 0 amide bonds. The summed E-state index contributed by atoms with van der Waals surface area (Å²) in [6, 6.07) is -0.316. The molecule has 0 saturated heterocycles. The zero-order valence-corrected chi connectivity index (χ0v) is 8.85. The van der Waals surface area contributed by atoms with Crippen LogP contribution in [-0.4, -0.2) is 10.4 Å². The Labute approximate surface area is 81.0 Å². The third-order valence-corrected chi connectivity index (χ3v) is 2.97. The van der Waals surface area contributed by atoms with Crippen molar-refractivity contribution < 1.29 is 4.79 Å². The molecule has 0 radical (unpaired) electrons. The number of aromatic nitrogens is 1. The Bertz CT molecular complexity index is 364. The first kappa shape index (κ1) is 10.2. The van der Waals surface area contributed by atoms with Crippen molar-refractivity contribution >= 4 is 17.1 Å². The summed E-state index contributed by atoms with van der Waals surface area (Å²) in [5.41, 5.74) is 0.865. The number of rotatable bonds is 3. The number of hydrogen-bond acceptors (Lipinski definition) is 3. The van der Waals surface area contributed by atoms with E-state index in [0.29, 0.717) is 6.42 Å². The van der Waals surface area contributed by atoms with Crippen LogP contribution in [0.2, 0.25) is 0 Å². The van der Waals surface area contributed by atoms with Gasteiger partial charge in [-0.3, -0.25) is 14.2 Å². The minimum atomic E-state index is -0.316. The molecule has 0 aliphatic carbocycles. The molecular formula is C9H13NO2S. The second-order valence-corrected chi connectivity index (χ2v) is 3.83. The lowest BCUT2D eigenvalue weighted by molar-refractivity contribution is -0.121. The zero-order valence-electron chi connectivity index (χ0n) is 8.03. The highest BCUT2D eigenvalue weighted by molar-refractivity contribution is 7.07. The van der Waals surface area contributed by atoms with E-state index in [2.05, 4.69) is 0 Å². The van der Waals surface area contributed by atoms with Gasteiger partial charge in [0.1, 0.15) is 0 Å². The zero-order chi connectivity index (χ0) is 10.0. The second-order valence-electron chi connectivity index (χ2n) is 3.01. The van der Waals surface area contributed by atoms with Crippen LogP contribution in [-0.2, 0) is 4.79 Å². The molecule has 1 rings (SSSR count). The topological polar surface area (TPSA) is 39.1 Å². The molecule has 0 N–H and O–H groups in total. The van der Waals surface area contributed by atoms with Crippen molar-refractivity contribution in [3.05, 3.63) is 20.7 Å². The van der Waals surface area contributed by atoms with Gasteiger partial charge < -0.3 is 0 Å². The van der Waals surface area contributed by atoms with E-state index in [-0.39, 0.29) is 16.7 Å². The Morgan fingerprint density at radius 1 is 1.69 bits per heavy atom. The van der Waals surface area contributed by atoms with E-state index in [0.717, 1.165) is 17.0 Å². The fraction of sp³-hybridized carbons (Fsp3) is 0.556. The van der Waals surface area contributed by atoms with Crippen molar-refractivity contribution in [1.82, 2.24) is 4.57 Å². The highest BCUT2D eigenvalue weighted by Crippen LogP contribution is 2.11. The summed E-state index contributed by atoms with van der Waals surface area (Å²) in [7, 11) is 0. The summed E-state index contributed by atoms with van der Waals surface area (Å²) in [6.45, 7) is 5.43. The summed E-state index contributed by atoms with van der Waals surface area (Å²) in [5.74, 6) is 0.101. The van der Waals surface area contributed by atoms with Gasteiger partial charge in [0, 0.05) is 17.5 Å². The van der Waals surface area contributed by atoms with Gasteiger partial charge in [-0.2, -0.15) is 0 Å². The molecule has 1 unspecified atom stereocenters. The Kier molecular flexibility index (Phi) is 3.03. The Morgan fingerprint density at radius 3 is 2.69 bits per heavy atom. The number of ketones is 1. The Balaban J connectivity index is 3.07. The maximum absolute atomic E-state index is 11.4. The van der Waals surface area contributed by atoms with Crippen molar-refractivity contribution in [1.29, 1.82) is 0 Å². The fourth-order valence-corrected chi connectivity index (χ4v) is 2.10. The molecule has 0 aromatic carbocycles. The van der Waals surface area contributed by atoms with Gasteiger partial charge in [0.25, 0.3) is 0 Å². The van der Waals surface area contributed by atoms with Crippen molar-refractivity contribution in [3.8, 4) is 0 Å². The third kappa shape index (κ3) is 1.88. The lowest BCUT2D eigenvalue weighted by Gasteiger charge is -2.11. The van der Waals surface area contributed by atoms with Gasteiger partial charge in [-0.15, -0.1) is 0 Å². The quantitative estimate of drug-likeness (QED) is 0.744. The van der Waals surface area contributed by atoms with Crippen LogP contribution in [0.25, 0.3) is 0 Å². The van der Waals surface area contributed by atoms with Crippen LogP contribution < -0.4 is 4.87 Å². The van der Waals surface area contributed by atoms with Crippen LogP contribution in [0.5, 0.6) is 0 Å². The van der Waals surface area contributed by atoms with Gasteiger partial charge in [0.15, 0.2) is 5.78 Å². The molecule has 13 heavy (non-hydrogen) atoms. The van der Waals surface area contributed by atoms with Crippen molar-refractivity contribution in [3.63, 3.8) is 0 Å². The lowest BCUT2D eigenvalue weighted by atomic mass is 10.1. The summed E-state index contributed by atoms with van der Waals surface area (Å²) in [4.78, 5) is 22.6. The van der Waals surface area contributed by atoms with Crippen molar-refractivity contribution in [2.24, 2.45) is 0 Å². The van der Waals surface area contributed by atoms with Crippen LogP contribution in [0.4, 0.5) is 0 Å². The molecule has 1 aromatic heterocycles. The van der Waals surface area contributed by atoms with Crippen LogP contribution in [0, 0.1) is 6.92 Å². The Morgan fingerprint density at radius 2 is 2.31 bits per heavy atom. The minimum absolute atomic E-state index is 0.0493. The number of aryl methyl sites for hydroxylation is 1. The predicted octanol–water partition coefficient (Wildman–Crippen LogP) is 1.76. The molecule has 4 heteroatoms. The molecule has 0 saturated carbocycles. The maximum Gasteiger partial charge on any atom is 0.307 e. The van der Waals surface area contributed by atoms with Gasteiger partial charge in [-0.25, -0.2) is 0 Å². The van der Waals surface area contributed by atoms with E-state index in [4.69, 9.17) is 0 Å². The highest BCUT2D eigenvalue weighted by atomic mass is 32.1. The number of thiazole rings is 1. The molecular weight excluding hydrogens is 186 g/mol. The number of carbonyl (C=O) groups excluding carboxylic acids is 1. The second kappa shape index (κ2) is 3.87. The van der Waals surface area contributed by atoms with Crippen LogP contribution >= 0.6 is 11.3 Å². The molecule has 0 spiro atoms. The number of carbonyl (C=O) groups is 1. The van der Waals surface area contributed by atoms with E-state index in [9.17, 15) is 9.59 Å². The van der Waals surface area contributed by atoms with E-state index in [1.165, 1.54) is 0 Å². The van der Waals surface area contributed by atoms with Gasteiger partial charge in [0.2, 0.25) is 0 Å². The first-order valence-electron chi connectivity index (χ1n) is 4.27. The number of nitrogens with zero attached hydrogens (tertiary/aromatic N) is 1. The highest BCUT2D eigenvalue weighted by Gasteiger charge is 2.16.